The lowest BCUT2D eigenvalue weighted by molar-refractivity contribution is -0.274. The highest BCUT2D eigenvalue weighted by atomic mass is 19.4. The highest BCUT2D eigenvalue weighted by Gasteiger charge is 2.31. The first kappa shape index (κ1) is 16.1. The van der Waals surface area contributed by atoms with E-state index in [1.54, 1.807) is 12.1 Å². The van der Waals surface area contributed by atoms with Crippen LogP contribution < -0.4 is 10.5 Å². The number of nitrogens with two attached hydrogens (primary N) is 1. The van der Waals surface area contributed by atoms with Gasteiger partial charge in [0.05, 0.1) is 6.61 Å². The molecule has 0 spiro atoms. The highest BCUT2D eigenvalue weighted by Crippen LogP contribution is 2.26. The average Bonchev–Trinajstić information content (AvgIpc) is 2.69. The van der Waals surface area contributed by atoms with Crippen LogP contribution in [-0.2, 0) is 4.74 Å². The average molecular weight is 304 g/mol. The zero-order valence-electron chi connectivity index (χ0n) is 11.6. The number of alkyl halides is 3. The summed E-state index contributed by atoms with van der Waals surface area (Å²) in [7, 11) is 0. The first-order valence-corrected chi connectivity index (χ1v) is 6.87. The molecule has 4 nitrogen and oxygen atoms in total. The predicted molar refractivity (Wildman–Crippen MR) is 71.9 cm³/mol. The summed E-state index contributed by atoms with van der Waals surface area (Å²) in [4.78, 5) is 2.20. The molecule has 2 rings (SSSR count). The Bertz CT molecular complexity index is 429. The monoisotopic (exact) mass is 304 g/mol. The molecule has 1 atom stereocenters. The third-order valence-corrected chi connectivity index (χ3v) is 3.42. The van der Waals surface area contributed by atoms with E-state index >= 15 is 0 Å². The van der Waals surface area contributed by atoms with Crippen LogP contribution in [0.3, 0.4) is 0 Å². The fraction of sp³-hybridized carbons (Fsp3) is 0.571. The van der Waals surface area contributed by atoms with Crippen molar-refractivity contribution < 1.29 is 22.6 Å². The second kappa shape index (κ2) is 7.11. The van der Waals surface area contributed by atoms with Crippen LogP contribution in [0.5, 0.6) is 5.75 Å². The van der Waals surface area contributed by atoms with Crippen LogP contribution in [0.2, 0.25) is 0 Å². The molecule has 0 aromatic heterocycles. The van der Waals surface area contributed by atoms with Gasteiger partial charge in [0.15, 0.2) is 0 Å². The molecule has 2 N–H and O–H groups in total. The van der Waals surface area contributed by atoms with Gasteiger partial charge in [0, 0.05) is 32.3 Å². The minimum absolute atomic E-state index is 0.0216. The maximum atomic E-state index is 12.1. The topological polar surface area (TPSA) is 47.7 Å². The lowest BCUT2D eigenvalue weighted by Crippen LogP contribution is -2.35. The zero-order valence-corrected chi connectivity index (χ0v) is 11.6. The number of hydrogen-bond acceptors (Lipinski definition) is 4. The molecule has 0 amide bonds. The van der Waals surface area contributed by atoms with Crippen LogP contribution >= 0.6 is 0 Å². The second-order valence-electron chi connectivity index (χ2n) is 4.87. The molecule has 1 aliphatic rings. The van der Waals surface area contributed by atoms with E-state index in [0.717, 1.165) is 31.7 Å². The molecule has 1 aliphatic heterocycles. The Kier molecular flexibility index (Phi) is 5.44. The van der Waals surface area contributed by atoms with Gasteiger partial charge in [-0.25, -0.2) is 0 Å². The van der Waals surface area contributed by atoms with E-state index in [9.17, 15) is 13.2 Å². The summed E-state index contributed by atoms with van der Waals surface area (Å²) in [6, 6.07) is 5.88. The molecule has 1 heterocycles. The molecule has 0 aliphatic carbocycles. The van der Waals surface area contributed by atoms with Crippen molar-refractivity contribution in [3.05, 3.63) is 29.8 Å². The molecule has 1 saturated heterocycles. The van der Waals surface area contributed by atoms with Gasteiger partial charge in [0.25, 0.3) is 0 Å². The molecule has 1 unspecified atom stereocenters. The van der Waals surface area contributed by atoms with Gasteiger partial charge in [0.2, 0.25) is 0 Å². The second-order valence-corrected chi connectivity index (χ2v) is 4.87. The van der Waals surface area contributed by atoms with Crippen molar-refractivity contribution in [2.45, 2.75) is 18.8 Å². The Balaban J connectivity index is 2.07. The van der Waals surface area contributed by atoms with Gasteiger partial charge >= 0.3 is 6.36 Å². The summed E-state index contributed by atoms with van der Waals surface area (Å²) < 4.78 is 45.7. The Hall–Kier alpha value is -1.31. The van der Waals surface area contributed by atoms with Crippen LogP contribution in [0, 0.1) is 0 Å². The first-order valence-electron chi connectivity index (χ1n) is 6.87. The van der Waals surface area contributed by atoms with Crippen LogP contribution in [0.1, 0.15) is 18.0 Å². The molecular weight excluding hydrogens is 285 g/mol. The maximum Gasteiger partial charge on any atom is 0.573 e. The summed E-state index contributed by atoms with van der Waals surface area (Å²) in [6.45, 7) is 3.41. The molecule has 0 bridgehead atoms. The van der Waals surface area contributed by atoms with Gasteiger partial charge in [0.1, 0.15) is 5.75 Å². The SMILES string of the molecule is NCC(c1ccc(OC(F)(F)F)cc1)N1CCCOCC1. The summed E-state index contributed by atoms with van der Waals surface area (Å²) in [5.41, 5.74) is 6.72. The Morgan fingerprint density at radius 2 is 1.90 bits per heavy atom. The fourth-order valence-corrected chi connectivity index (χ4v) is 2.46. The van der Waals surface area contributed by atoms with Crippen LogP contribution in [-0.4, -0.2) is 44.1 Å². The van der Waals surface area contributed by atoms with Crippen molar-refractivity contribution in [3.8, 4) is 5.75 Å². The number of rotatable bonds is 4. The molecule has 0 radical (unpaired) electrons. The Labute approximate surface area is 121 Å². The largest absolute Gasteiger partial charge is 0.573 e. The molecule has 118 valence electrons. The van der Waals surface area contributed by atoms with E-state index in [0.29, 0.717) is 13.2 Å². The third-order valence-electron chi connectivity index (χ3n) is 3.42. The van der Waals surface area contributed by atoms with Gasteiger partial charge in [-0.15, -0.1) is 13.2 Å². The van der Waals surface area contributed by atoms with E-state index < -0.39 is 6.36 Å². The molecule has 0 saturated carbocycles. The van der Waals surface area contributed by atoms with E-state index in [1.807, 2.05) is 0 Å². The minimum Gasteiger partial charge on any atom is -0.406 e. The molecule has 7 heteroatoms. The minimum atomic E-state index is -4.67. The number of nitrogens with zero attached hydrogens (tertiary/aromatic N) is 1. The van der Waals surface area contributed by atoms with Crippen LogP contribution in [0.25, 0.3) is 0 Å². The Morgan fingerprint density at radius 3 is 2.52 bits per heavy atom. The molecule has 1 aromatic rings. The summed E-state index contributed by atoms with van der Waals surface area (Å²) >= 11 is 0. The fourth-order valence-electron chi connectivity index (χ4n) is 2.46. The predicted octanol–water partition coefficient (Wildman–Crippen LogP) is 2.31. The quantitative estimate of drug-likeness (QED) is 0.927. The number of benzene rings is 1. The number of ether oxygens (including phenoxy) is 2. The van der Waals surface area contributed by atoms with E-state index in [-0.39, 0.29) is 11.8 Å². The van der Waals surface area contributed by atoms with E-state index in [2.05, 4.69) is 9.64 Å². The van der Waals surface area contributed by atoms with Crippen molar-refractivity contribution in [3.63, 3.8) is 0 Å². The van der Waals surface area contributed by atoms with Gasteiger partial charge in [-0.3, -0.25) is 4.90 Å². The molecule has 1 aromatic carbocycles. The van der Waals surface area contributed by atoms with Gasteiger partial charge in [-0.2, -0.15) is 0 Å². The Morgan fingerprint density at radius 1 is 1.19 bits per heavy atom. The molecule has 1 fully saturated rings. The number of hydrogen-bond donors (Lipinski definition) is 1. The summed E-state index contributed by atoms with van der Waals surface area (Å²) in [5.74, 6) is -0.221. The van der Waals surface area contributed by atoms with Crippen molar-refractivity contribution in [2.75, 3.05) is 32.8 Å². The maximum absolute atomic E-state index is 12.1. The molecular formula is C14H19F3N2O2. The summed E-state index contributed by atoms with van der Waals surface area (Å²) in [5, 5.41) is 0. The van der Waals surface area contributed by atoms with Gasteiger partial charge < -0.3 is 15.2 Å². The van der Waals surface area contributed by atoms with Crippen molar-refractivity contribution >= 4 is 0 Å². The lowest BCUT2D eigenvalue weighted by atomic mass is 10.0. The molecule has 21 heavy (non-hydrogen) atoms. The summed E-state index contributed by atoms with van der Waals surface area (Å²) in [6.07, 6.45) is -3.75. The van der Waals surface area contributed by atoms with Crippen molar-refractivity contribution in [1.29, 1.82) is 0 Å². The first-order chi connectivity index (χ1) is 9.99. The van der Waals surface area contributed by atoms with Crippen molar-refractivity contribution in [1.82, 2.24) is 4.90 Å². The van der Waals surface area contributed by atoms with Gasteiger partial charge in [-0.05, 0) is 24.1 Å². The lowest BCUT2D eigenvalue weighted by Gasteiger charge is -2.29. The van der Waals surface area contributed by atoms with Gasteiger partial charge in [-0.1, -0.05) is 12.1 Å². The third kappa shape index (κ3) is 4.87. The standard InChI is InChI=1S/C14H19F3N2O2/c15-14(16,17)21-12-4-2-11(3-5-12)13(10-18)19-6-1-8-20-9-7-19/h2-5,13H,1,6-10,18H2. The van der Waals surface area contributed by atoms with Crippen LogP contribution in [0.4, 0.5) is 13.2 Å². The smallest absolute Gasteiger partial charge is 0.406 e. The number of halogens is 3. The van der Waals surface area contributed by atoms with E-state index in [4.69, 9.17) is 10.5 Å². The van der Waals surface area contributed by atoms with Crippen LogP contribution in [0.15, 0.2) is 24.3 Å². The van der Waals surface area contributed by atoms with Crippen molar-refractivity contribution in [2.24, 2.45) is 5.73 Å². The van der Waals surface area contributed by atoms with E-state index in [1.165, 1.54) is 12.1 Å². The highest BCUT2D eigenvalue weighted by molar-refractivity contribution is 5.29. The zero-order chi connectivity index (χ0) is 15.3. The normalized spacial score (nSPS) is 19.0.